The quantitative estimate of drug-likeness (QED) is 0.802. The Balaban J connectivity index is 1.89. The molecular formula is C15H13N3OS. The first-order valence-electron chi connectivity index (χ1n) is 6.15. The summed E-state index contributed by atoms with van der Waals surface area (Å²) in [5.74, 6) is 0.430. The molecular weight excluding hydrogens is 270 g/mol. The maximum absolute atomic E-state index is 12.4. The number of anilines is 1. The zero-order chi connectivity index (χ0) is 13.9. The minimum atomic E-state index is -1.17. The minimum absolute atomic E-state index is 0.430. The molecule has 0 aliphatic heterocycles. The van der Waals surface area contributed by atoms with Crippen molar-refractivity contribution in [3.05, 3.63) is 60.6 Å². The Morgan fingerprint density at radius 3 is 2.90 bits per heavy atom. The van der Waals surface area contributed by atoms with Gasteiger partial charge in [0.2, 0.25) is 0 Å². The Labute approximate surface area is 119 Å². The highest BCUT2D eigenvalue weighted by Crippen LogP contribution is 2.20. The smallest absolute Gasteiger partial charge is 0.0702 e. The summed E-state index contributed by atoms with van der Waals surface area (Å²) >= 11 is 0. The van der Waals surface area contributed by atoms with Gasteiger partial charge in [-0.3, -0.25) is 14.2 Å². The van der Waals surface area contributed by atoms with Gasteiger partial charge in [0.15, 0.2) is 0 Å². The van der Waals surface area contributed by atoms with E-state index in [1.54, 1.807) is 18.5 Å². The fourth-order valence-corrected chi connectivity index (χ4v) is 3.21. The largest absolute Gasteiger partial charge is 0.396 e. The molecule has 0 spiro atoms. The number of pyridine rings is 2. The van der Waals surface area contributed by atoms with Gasteiger partial charge in [0, 0.05) is 17.8 Å². The van der Waals surface area contributed by atoms with Crippen molar-refractivity contribution in [2.45, 2.75) is 10.6 Å². The summed E-state index contributed by atoms with van der Waals surface area (Å²) in [4.78, 5) is 8.81. The molecule has 0 bridgehead atoms. The lowest BCUT2D eigenvalue weighted by Gasteiger charge is -2.06. The number of rotatable bonds is 3. The SMILES string of the molecule is Nc1cnccc1S(=O)Cc1ccc2ncccc2c1. The van der Waals surface area contributed by atoms with Crippen LogP contribution in [0.3, 0.4) is 0 Å². The summed E-state index contributed by atoms with van der Waals surface area (Å²) in [6, 6.07) is 11.5. The average Bonchev–Trinajstić information content (AvgIpc) is 2.47. The van der Waals surface area contributed by atoms with Crippen molar-refractivity contribution in [1.29, 1.82) is 0 Å². The highest BCUT2D eigenvalue weighted by molar-refractivity contribution is 7.84. The van der Waals surface area contributed by atoms with E-state index < -0.39 is 10.8 Å². The maximum atomic E-state index is 12.4. The van der Waals surface area contributed by atoms with Crippen molar-refractivity contribution >= 4 is 27.4 Å². The average molecular weight is 283 g/mol. The molecule has 4 nitrogen and oxygen atoms in total. The predicted octanol–water partition coefficient (Wildman–Crippen LogP) is 2.52. The molecule has 1 unspecified atom stereocenters. The van der Waals surface area contributed by atoms with Crippen LogP contribution in [0.2, 0.25) is 0 Å². The zero-order valence-electron chi connectivity index (χ0n) is 10.7. The lowest BCUT2D eigenvalue weighted by molar-refractivity contribution is 0.683. The molecule has 0 amide bonds. The van der Waals surface area contributed by atoms with Crippen LogP contribution in [0.4, 0.5) is 5.69 Å². The van der Waals surface area contributed by atoms with Crippen LogP contribution in [0, 0.1) is 0 Å². The molecule has 1 atom stereocenters. The molecule has 0 aliphatic rings. The minimum Gasteiger partial charge on any atom is -0.396 e. The van der Waals surface area contributed by atoms with E-state index in [2.05, 4.69) is 9.97 Å². The van der Waals surface area contributed by atoms with Gasteiger partial charge in [-0.05, 0) is 29.8 Å². The maximum Gasteiger partial charge on any atom is 0.0702 e. The Morgan fingerprint density at radius 1 is 1.15 bits per heavy atom. The summed E-state index contributed by atoms with van der Waals surface area (Å²) in [5.41, 5.74) is 8.20. The number of nitrogens with zero attached hydrogens (tertiary/aromatic N) is 2. The Kier molecular flexibility index (Phi) is 3.43. The van der Waals surface area contributed by atoms with E-state index in [4.69, 9.17) is 5.73 Å². The van der Waals surface area contributed by atoms with Gasteiger partial charge >= 0.3 is 0 Å². The Morgan fingerprint density at radius 2 is 2.05 bits per heavy atom. The van der Waals surface area contributed by atoms with Gasteiger partial charge < -0.3 is 5.73 Å². The number of benzene rings is 1. The van der Waals surface area contributed by atoms with Crippen LogP contribution in [0.1, 0.15) is 5.56 Å². The molecule has 0 saturated heterocycles. The summed E-state index contributed by atoms with van der Waals surface area (Å²) in [5, 5.41) is 1.05. The highest BCUT2D eigenvalue weighted by Gasteiger charge is 2.09. The molecule has 3 rings (SSSR count). The lowest BCUT2D eigenvalue weighted by atomic mass is 10.1. The second kappa shape index (κ2) is 5.38. The first-order valence-corrected chi connectivity index (χ1v) is 7.47. The van der Waals surface area contributed by atoms with E-state index in [-0.39, 0.29) is 0 Å². The summed E-state index contributed by atoms with van der Waals surface area (Å²) in [6.45, 7) is 0. The van der Waals surface area contributed by atoms with Crippen molar-refractivity contribution in [3.8, 4) is 0 Å². The molecule has 5 heteroatoms. The van der Waals surface area contributed by atoms with Crippen molar-refractivity contribution in [2.24, 2.45) is 0 Å². The first kappa shape index (κ1) is 12.7. The Bertz CT molecular complexity index is 789. The van der Waals surface area contributed by atoms with Gasteiger partial charge in [-0.1, -0.05) is 12.1 Å². The molecule has 100 valence electrons. The van der Waals surface area contributed by atoms with E-state index in [1.807, 2.05) is 30.3 Å². The number of aromatic nitrogens is 2. The third-order valence-corrected chi connectivity index (χ3v) is 4.48. The van der Waals surface area contributed by atoms with Crippen LogP contribution in [0.15, 0.2) is 59.9 Å². The number of hydrogen-bond acceptors (Lipinski definition) is 4. The molecule has 0 fully saturated rings. The summed E-state index contributed by atoms with van der Waals surface area (Å²) < 4.78 is 12.4. The fraction of sp³-hybridized carbons (Fsp3) is 0.0667. The van der Waals surface area contributed by atoms with Crippen molar-refractivity contribution in [3.63, 3.8) is 0 Å². The van der Waals surface area contributed by atoms with Crippen LogP contribution in [-0.2, 0) is 16.6 Å². The van der Waals surface area contributed by atoms with Crippen molar-refractivity contribution in [1.82, 2.24) is 9.97 Å². The van der Waals surface area contributed by atoms with E-state index in [0.29, 0.717) is 16.3 Å². The van der Waals surface area contributed by atoms with Gasteiger partial charge in [-0.2, -0.15) is 0 Å². The Hall–Kier alpha value is -2.27. The van der Waals surface area contributed by atoms with Gasteiger partial charge in [0.1, 0.15) is 0 Å². The van der Waals surface area contributed by atoms with Gasteiger partial charge in [0.25, 0.3) is 0 Å². The van der Waals surface area contributed by atoms with Gasteiger partial charge in [0.05, 0.1) is 38.8 Å². The second-order valence-corrected chi connectivity index (χ2v) is 5.85. The van der Waals surface area contributed by atoms with Gasteiger partial charge in [-0.15, -0.1) is 0 Å². The van der Waals surface area contributed by atoms with E-state index >= 15 is 0 Å². The number of nitrogen functional groups attached to an aromatic ring is 1. The van der Waals surface area contributed by atoms with E-state index in [0.717, 1.165) is 16.5 Å². The van der Waals surface area contributed by atoms with Crippen molar-refractivity contribution in [2.75, 3.05) is 5.73 Å². The molecule has 2 N–H and O–H groups in total. The standard InChI is InChI=1S/C15H13N3OS/c16-13-9-17-7-5-15(13)20(19)10-11-3-4-14-12(8-11)2-1-6-18-14/h1-9H,10,16H2. The third-order valence-electron chi connectivity index (χ3n) is 3.02. The van der Waals surface area contributed by atoms with Gasteiger partial charge in [-0.25, -0.2) is 0 Å². The van der Waals surface area contributed by atoms with Crippen LogP contribution in [0.25, 0.3) is 10.9 Å². The lowest BCUT2D eigenvalue weighted by Crippen LogP contribution is -2.01. The summed E-state index contributed by atoms with van der Waals surface area (Å²) in [7, 11) is -1.17. The predicted molar refractivity (Wildman–Crippen MR) is 80.5 cm³/mol. The molecule has 1 aromatic carbocycles. The molecule has 2 heterocycles. The third kappa shape index (κ3) is 2.53. The highest BCUT2D eigenvalue weighted by atomic mass is 32.2. The number of hydrogen-bond donors (Lipinski definition) is 1. The van der Waals surface area contributed by atoms with Crippen LogP contribution in [0.5, 0.6) is 0 Å². The van der Waals surface area contributed by atoms with E-state index in [9.17, 15) is 4.21 Å². The van der Waals surface area contributed by atoms with Crippen LogP contribution < -0.4 is 5.73 Å². The fourth-order valence-electron chi connectivity index (χ4n) is 2.05. The van der Waals surface area contributed by atoms with E-state index in [1.165, 1.54) is 6.20 Å². The van der Waals surface area contributed by atoms with Crippen LogP contribution >= 0.6 is 0 Å². The molecule has 0 aliphatic carbocycles. The normalized spacial score (nSPS) is 12.4. The number of fused-ring (bicyclic) bond motifs is 1. The molecule has 2 aromatic heterocycles. The molecule has 3 aromatic rings. The topological polar surface area (TPSA) is 68.9 Å². The monoisotopic (exact) mass is 283 g/mol. The molecule has 0 radical (unpaired) electrons. The number of nitrogens with two attached hydrogens (primary N) is 1. The molecule has 0 saturated carbocycles. The zero-order valence-corrected chi connectivity index (χ0v) is 11.5. The molecule has 20 heavy (non-hydrogen) atoms. The first-order chi connectivity index (χ1) is 9.74. The van der Waals surface area contributed by atoms with Crippen LogP contribution in [-0.4, -0.2) is 14.2 Å². The van der Waals surface area contributed by atoms with Crippen molar-refractivity contribution < 1.29 is 4.21 Å². The summed E-state index contributed by atoms with van der Waals surface area (Å²) in [6.07, 6.45) is 4.89. The second-order valence-electron chi connectivity index (χ2n) is 4.43.